The molecule has 6 heteroatoms. The lowest BCUT2D eigenvalue weighted by Crippen LogP contribution is -2.22. The minimum atomic E-state index is -0.916. The number of hydrogen-bond donors (Lipinski definition) is 2. The van der Waals surface area contributed by atoms with Crippen LogP contribution in [0.3, 0.4) is 0 Å². The first kappa shape index (κ1) is 19.9. The number of rotatable bonds is 8. The summed E-state index contributed by atoms with van der Waals surface area (Å²) >= 11 is 0. The molecule has 0 fully saturated rings. The summed E-state index contributed by atoms with van der Waals surface area (Å²) in [6.07, 6.45) is -0.916. The number of ether oxygens (including phenoxy) is 2. The van der Waals surface area contributed by atoms with E-state index in [9.17, 15) is 14.3 Å². The SMILES string of the molecule is COC(=O)COc1c(C)cc(CNCC(O)c2ccccc2F)cc1C. The molecule has 0 aromatic heterocycles. The van der Waals surface area contributed by atoms with Gasteiger partial charge in [-0.25, -0.2) is 9.18 Å². The minimum Gasteiger partial charge on any atom is -0.481 e. The fourth-order valence-electron chi connectivity index (χ4n) is 2.77. The molecule has 2 aromatic carbocycles. The highest BCUT2D eigenvalue weighted by Gasteiger charge is 2.12. The third-order valence-corrected chi connectivity index (χ3v) is 4.01. The van der Waals surface area contributed by atoms with Gasteiger partial charge in [0.1, 0.15) is 11.6 Å². The second-order valence-corrected chi connectivity index (χ2v) is 6.09. The fourth-order valence-corrected chi connectivity index (χ4v) is 2.77. The lowest BCUT2D eigenvalue weighted by atomic mass is 10.1. The largest absolute Gasteiger partial charge is 0.481 e. The zero-order chi connectivity index (χ0) is 19.1. The van der Waals surface area contributed by atoms with Crippen molar-refractivity contribution in [2.75, 3.05) is 20.3 Å². The van der Waals surface area contributed by atoms with Crippen LogP contribution in [0.2, 0.25) is 0 Å². The maximum Gasteiger partial charge on any atom is 0.343 e. The molecule has 2 aromatic rings. The van der Waals surface area contributed by atoms with Crippen molar-refractivity contribution >= 4 is 5.97 Å². The monoisotopic (exact) mass is 361 g/mol. The van der Waals surface area contributed by atoms with Gasteiger partial charge in [-0.2, -0.15) is 0 Å². The number of benzene rings is 2. The van der Waals surface area contributed by atoms with Crippen LogP contribution >= 0.6 is 0 Å². The highest BCUT2D eigenvalue weighted by atomic mass is 19.1. The molecule has 0 aliphatic heterocycles. The minimum absolute atomic E-state index is 0.134. The summed E-state index contributed by atoms with van der Waals surface area (Å²) in [4.78, 5) is 11.2. The van der Waals surface area contributed by atoms with Crippen molar-refractivity contribution in [3.8, 4) is 5.75 Å². The zero-order valence-corrected chi connectivity index (χ0v) is 15.2. The highest BCUT2D eigenvalue weighted by molar-refractivity contribution is 5.71. The van der Waals surface area contributed by atoms with Gasteiger partial charge in [-0.15, -0.1) is 0 Å². The van der Waals surface area contributed by atoms with E-state index in [1.54, 1.807) is 18.2 Å². The molecule has 0 radical (unpaired) electrons. The van der Waals surface area contributed by atoms with E-state index in [-0.39, 0.29) is 18.7 Å². The zero-order valence-electron chi connectivity index (χ0n) is 15.2. The molecule has 5 nitrogen and oxygen atoms in total. The maximum atomic E-state index is 13.7. The van der Waals surface area contributed by atoms with E-state index in [0.29, 0.717) is 12.3 Å². The first-order chi connectivity index (χ1) is 12.4. The van der Waals surface area contributed by atoms with Crippen LogP contribution < -0.4 is 10.1 Å². The van der Waals surface area contributed by atoms with Crippen molar-refractivity contribution in [2.45, 2.75) is 26.5 Å². The van der Waals surface area contributed by atoms with Crippen LogP contribution in [0.25, 0.3) is 0 Å². The molecule has 1 unspecified atom stereocenters. The lowest BCUT2D eigenvalue weighted by Gasteiger charge is -2.15. The van der Waals surface area contributed by atoms with Crippen molar-refractivity contribution in [3.63, 3.8) is 0 Å². The lowest BCUT2D eigenvalue weighted by molar-refractivity contribution is -0.142. The molecule has 0 bridgehead atoms. The smallest absolute Gasteiger partial charge is 0.343 e. The first-order valence-electron chi connectivity index (χ1n) is 8.35. The summed E-state index contributed by atoms with van der Waals surface area (Å²) in [6.45, 7) is 4.42. The van der Waals surface area contributed by atoms with Crippen LogP contribution in [0.4, 0.5) is 4.39 Å². The number of carbonyl (C=O) groups is 1. The quantitative estimate of drug-likeness (QED) is 0.708. The number of nitrogens with one attached hydrogen (secondary N) is 1. The molecule has 0 heterocycles. The van der Waals surface area contributed by atoms with Gasteiger partial charge in [-0.1, -0.05) is 30.3 Å². The van der Waals surface area contributed by atoms with Gasteiger partial charge in [0.15, 0.2) is 6.61 Å². The Bertz CT molecular complexity index is 740. The Kier molecular flexibility index (Phi) is 7.12. The van der Waals surface area contributed by atoms with Crippen molar-refractivity contribution < 1.29 is 23.8 Å². The fraction of sp³-hybridized carbons (Fsp3) is 0.350. The Morgan fingerprint density at radius 1 is 1.23 bits per heavy atom. The Balaban J connectivity index is 1.94. The van der Waals surface area contributed by atoms with E-state index in [4.69, 9.17) is 4.74 Å². The van der Waals surface area contributed by atoms with Gasteiger partial charge >= 0.3 is 5.97 Å². The molecule has 0 spiro atoms. The maximum absolute atomic E-state index is 13.7. The van der Waals surface area contributed by atoms with Gasteiger partial charge in [-0.05, 0) is 36.6 Å². The second kappa shape index (κ2) is 9.31. The predicted molar refractivity (Wildman–Crippen MR) is 96.5 cm³/mol. The molecule has 0 aliphatic rings. The number of methoxy groups -OCH3 is 1. The summed E-state index contributed by atoms with van der Waals surface area (Å²) in [6, 6.07) is 10.1. The number of hydrogen-bond acceptors (Lipinski definition) is 5. The van der Waals surface area contributed by atoms with Crippen LogP contribution in [-0.2, 0) is 16.1 Å². The molecule has 0 amide bonds. The van der Waals surface area contributed by atoms with E-state index < -0.39 is 17.9 Å². The molecule has 0 saturated carbocycles. The second-order valence-electron chi connectivity index (χ2n) is 6.09. The van der Waals surface area contributed by atoms with E-state index >= 15 is 0 Å². The van der Waals surface area contributed by atoms with E-state index in [2.05, 4.69) is 10.1 Å². The van der Waals surface area contributed by atoms with Gasteiger partial charge in [-0.3, -0.25) is 0 Å². The Labute approximate surface area is 152 Å². The van der Waals surface area contributed by atoms with Crippen LogP contribution in [0.15, 0.2) is 36.4 Å². The third-order valence-electron chi connectivity index (χ3n) is 4.01. The van der Waals surface area contributed by atoms with E-state index in [1.165, 1.54) is 13.2 Å². The first-order valence-corrected chi connectivity index (χ1v) is 8.35. The number of carbonyl (C=O) groups excluding carboxylic acids is 1. The highest BCUT2D eigenvalue weighted by Crippen LogP contribution is 2.25. The van der Waals surface area contributed by atoms with Gasteiger partial charge in [0, 0.05) is 18.7 Å². The summed E-state index contributed by atoms with van der Waals surface area (Å²) in [5.74, 6) is -0.192. The molecule has 1 atom stereocenters. The molecule has 26 heavy (non-hydrogen) atoms. The molecule has 2 N–H and O–H groups in total. The summed E-state index contributed by atoms with van der Waals surface area (Å²) in [5, 5.41) is 13.2. The molecular formula is C20H24FNO4. The summed E-state index contributed by atoms with van der Waals surface area (Å²) in [5.41, 5.74) is 3.09. The molecule has 2 rings (SSSR count). The van der Waals surface area contributed by atoms with Crippen LogP contribution in [0.1, 0.15) is 28.4 Å². The number of aliphatic hydroxyl groups is 1. The Morgan fingerprint density at radius 2 is 1.88 bits per heavy atom. The van der Waals surface area contributed by atoms with Crippen molar-refractivity contribution in [1.29, 1.82) is 0 Å². The standard InChI is InChI=1S/C20H24FNO4/c1-13-8-15(9-14(2)20(13)26-12-19(24)25-3)10-22-11-18(23)16-6-4-5-7-17(16)21/h4-9,18,22-23H,10-12H2,1-3H3. The topological polar surface area (TPSA) is 67.8 Å². The molecule has 140 valence electrons. The van der Waals surface area contributed by atoms with Crippen molar-refractivity contribution in [3.05, 3.63) is 64.5 Å². The van der Waals surface area contributed by atoms with E-state index in [1.807, 2.05) is 26.0 Å². The van der Waals surface area contributed by atoms with Gasteiger partial charge in [0.2, 0.25) is 0 Å². The summed E-state index contributed by atoms with van der Waals surface area (Å²) < 4.78 is 23.7. The Morgan fingerprint density at radius 3 is 2.50 bits per heavy atom. The molecule has 0 aliphatic carbocycles. The van der Waals surface area contributed by atoms with E-state index in [0.717, 1.165) is 16.7 Å². The van der Waals surface area contributed by atoms with Crippen LogP contribution in [0, 0.1) is 19.7 Å². The van der Waals surface area contributed by atoms with Crippen molar-refractivity contribution in [1.82, 2.24) is 5.32 Å². The van der Waals surface area contributed by atoms with Crippen molar-refractivity contribution in [2.24, 2.45) is 0 Å². The van der Waals surface area contributed by atoms with Crippen LogP contribution in [0.5, 0.6) is 5.75 Å². The van der Waals surface area contributed by atoms with Gasteiger partial charge in [0.05, 0.1) is 13.2 Å². The Hall–Kier alpha value is -2.44. The number of esters is 1. The number of aryl methyl sites for hydroxylation is 2. The predicted octanol–water partition coefficient (Wildman–Crippen LogP) is 2.82. The van der Waals surface area contributed by atoms with Gasteiger partial charge < -0.3 is 19.9 Å². The van der Waals surface area contributed by atoms with Gasteiger partial charge in [0.25, 0.3) is 0 Å². The molecular weight excluding hydrogens is 337 g/mol. The third kappa shape index (κ3) is 5.28. The molecule has 0 saturated heterocycles. The number of aliphatic hydroxyl groups excluding tert-OH is 1. The number of halogens is 1. The average molecular weight is 361 g/mol. The average Bonchev–Trinajstić information content (AvgIpc) is 2.61. The van der Waals surface area contributed by atoms with Crippen LogP contribution in [-0.4, -0.2) is 31.3 Å². The summed E-state index contributed by atoms with van der Waals surface area (Å²) in [7, 11) is 1.32. The normalized spacial score (nSPS) is 11.9.